The van der Waals surface area contributed by atoms with Crippen LogP contribution in [0, 0.1) is 23.7 Å². The fourth-order valence-corrected chi connectivity index (χ4v) is 2.62. The third-order valence-electron chi connectivity index (χ3n) is 4.29. The van der Waals surface area contributed by atoms with Crippen LogP contribution in [-0.4, -0.2) is 28.3 Å². The molecule has 0 bridgehead atoms. The summed E-state index contributed by atoms with van der Waals surface area (Å²) in [6, 6.07) is 7.44. The first kappa shape index (κ1) is 19.1. The van der Waals surface area contributed by atoms with Crippen LogP contribution in [0.15, 0.2) is 24.3 Å². The number of nitrogens with one attached hydrogen (secondary N) is 2. The van der Waals surface area contributed by atoms with Gasteiger partial charge in [0, 0.05) is 39.4 Å². The summed E-state index contributed by atoms with van der Waals surface area (Å²) in [7, 11) is 0. The number of aliphatic hydroxyl groups is 1. The van der Waals surface area contributed by atoms with Crippen molar-refractivity contribution in [3.8, 4) is 0 Å². The number of hydrogen-bond acceptors (Lipinski definition) is 4. The summed E-state index contributed by atoms with van der Waals surface area (Å²) in [6.07, 6.45) is 0.706. The molecule has 3 N–H and O–H groups in total. The van der Waals surface area contributed by atoms with Crippen LogP contribution in [0.1, 0.15) is 45.4 Å². The highest BCUT2D eigenvalue weighted by Crippen LogP contribution is 2.26. The van der Waals surface area contributed by atoms with E-state index < -0.39 is 5.41 Å². The molecular weight excluding hydrogens is 314 g/mol. The van der Waals surface area contributed by atoms with Crippen LogP contribution in [-0.2, 0) is 4.79 Å². The summed E-state index contributed by atoms with van der Waals surface area (Å²) < 4.78 is 0. The molecule has 0 aliphatic rings. The van der Waals surface area contributed by atoms with Gasteiger partial charge in [-0.15, -0.1) is 0 Å². The van der Waals surface area contributed by atoms with E-state index in [0.29, 0.717) is 17.8 Å². The number of aryl methyl sites for hydroxylation is 1. The van der Waals surface area contributed by atoms with Crippen LogP contribution in [0.5, 0.6) is 0 Å². The van der Waals surface area contributed by atoms with Gasteiger partial charge in [0.25, 0.3) is 0 Å². The van der Waals surface area contributed by atoms with Crippen LogP contribution < -0.4 is 5.32 Å². The molecule has 0 fully saturated rings. The molecule has 1 amide bonds. The summed E-state index contributed by atoms with van der Waals surface area (Å²) in [5.74, 6) is -0.246. The van der Waals surface area contributed by atoms with Gasteiger partial charge in [-0.05, 0) is 31.5 Å². The number of aliphatic hydroxyl groups excluding tert-OH is 1. The number of benzene rings is 1. The molecular formula is C20H27N3O2. The lowest BCUT2D eigenvalue weighted by Crippen LogP contribution is -2.27. The average molecular weight is 341 g/mol. The quantitative estimate of drug-likeness (QED) is 0.721. The molecule has 25 heavy (non-hydrogen) atoms. The first-order valence-electron chi connectivity index (χ1n) is 8.60. The molecule has 5 heteroatoms. The Balaban J connectivity index is 2.47. The van der Waals surface area contributed by atoms with E-state index in [-0.39, 0.29) is 18.4 Å². The number of rotatable bonds is 5. The number of pyridine rings is 1. The summed E-state index contributed by atoms with van der Waals surface area (Å²) in [6.45, 7) is 9.40. The molecule has 2 rings (SSSR count). The van der Waals surface area contributed by atoms with Crippen LogP contribution in [0.25, 0.3) is 10.9 Å². The predicted octanol–water partition coefficient (Wildman–Crippen LogP) is 3.91. The van der Waals surface area contributed by atoms with Crippen molar-refractivity contribution in [2.24, 2.45) is 11.3 Å². The lowest BCUT2D eigenvalue weighted by Gasteiger charge is -2.19. The van der Waals surface area contributed by atoms with Gasteiger partial charge in [0.05, 0.1) is 12.1 Å². The van der Waals surface area contributed by atoms with Gasteiger partial charge in [-0.3, -0.25) is 9.78 Å². The maximum Gasteiger partial charge on any atom is 0.229 e. The summed E-state index contributed by atoms with van der Waals surface area (Å²) in [5, 5.41) is 21.7. The average Bonchev–Trinajstić information content (AvgIpc) is 2.53. The molecule has 134 valence electrons. The third kappa shape index (κ3) is 4.23. The number of anilines is 1. The lowest BCUT2D eigenvalue weighted by atomic mass is 9.92. The number of carbonyl (C=O) groups excluding carboxylic acids is 1. The van der Waals surface area contributed by atoms with E-state index in [9.17, 15) is 9.90 Å². The van der Waals surface area contributed by atoms with Crippen LogP contribution in [0.4, 0.5) is 5.69 Å². The van der Waals surface area contributed by atoms with Gasteiger partial charge >= 0.3 is 0 Å². The van der Waals surface area contributed by atoms with Crippen molar-refractivity contribution >= 4 is 28.2 Å². The van der Waals surface area contributed by atoms with E-state index >= 15 is 0 Å². The molecule has 1 heterocycles. The number of hydrogen-bond donors (Lipinski definition) is 3. The second kappa shape index (κ2) is 7.31. The third-order valence-corrected chi connectivity index (χ3v) is 4.29. The molecule has 1 atom stereocenters. The minimum atomic E-state index is -0.474. The number of fused-ring (bicyclic) bond motifs is 1. The molecule has 0 unspecified atom stereocenters. The lowest BCUT2D eigenvalue weighted by molar-refractivity contribution is -0.123. The molecule has 0 saturated carbocycles. The molecule has 1 aromatic heterocycles. The standard InChI is InChI=1S/C20H27N3O2/c1-6-13(11-24)18(21)16-9-12(2)22-17-10-14(7-8-15(16)17)23-19(25)20(3,4)5/h7-10,13,21,24H,6,11H2,1-5H3,(H,23,25)/t13-/m1/s1. The number of nitrogens with zero attached hydrogens (tertiary/aromatic N) is 1. The van der Waals surface area contributed by atoms with Crippen molar-refractivity contribution < 1.29 is 9.90 Å². The Kier molecular flexibility index (Phi) is 5.58. The van der Waals surface area contributed by atoms with Crippen molar-refractivity contribution in [3.63, 3.8) is 0 Å². The Morgan fingerprint density at radius 1 is 1.32 bits per heavy atom. The summed E-state index contributed by atoms with van der Waals surface area (Å²) >= 11 is 0. The van der Waals surface area contributed by atoms with Crippen molar-refractivity contribution in [2.75, 3.05) is 11.9 Å². The Hall–Kier alpha value is -2.27. The van der Waals surface area contributed by atoms with Gasteiger partial charge in [-0.25, -0.2) is 0 Å². The van der Waals surface area contributed by atoms with E-state index in [2.05, 4.69) is 10.3 Å². The van der Waals surface area contributed by atoms with Gasteiger partial charge in [-0.2, -0.15) is 0 Å². The summed E-state index contributed by atoms with van der Waals surface area (Å²) in [4.78, 5) is 16.7. The highest BCUT2D eigenvalue weighted by Gasteiger charge is 2.22. The number of aromatic nitrogens is 1. The van der Waals surface area contributed by atoms with E-state index in [0.717, 1.165) is 22.2 Å². The Labute approximate surface area is 149 Å². The molecule has 1 aromatic carbocycles. The SMILES string of the molecule is CC[C@H](CO)C(=N)c1cc(C)nc2cc(NC(=O)C(C)(C)C)ccc12. The van der Waals surface area contributed by atoms with Gasteiger partial charge in [0.1, 0.15) is 0 Å². The van der Waals surface area contributed by atoms with Gasteiger partial charge < -0.3 is 15.8 Å². The Morgan fingerprint density at radius 2 is 2.00 bits per heavy atom. The van der Waals surface area contributed by atoms with Crippen LogP contribution >= 0.6 is 0 Å². The summed E-state index contributed by atoms with van der Waals surface area (Å²) in [5.41, 5.74) is 2.97. The normalized spacial score (nSPS) is 12.9. The van der Waals surface area contributed by atoms with E-state index in [1.54, 1.807) is 0 Å². The minimum Gasteiger partial charge on any atom is -0.396 e. The highest BCUT2D eigenvalue weighted by atomic mass is 16.3. The molecule has 0 aliphatic carbocycles. The molecule has 5 nitrogen and oxygen atoms in total. The molecule has 0 aliphatic heterocycles. The van der Waals surface area contributed by atoms with Gasteiger partial charge in [0.2, 0.25) is 5.91 Å². The molecule has 0 radical (unpaired) electrons. The predicted molar refractivity (Wildman–Crippen MR) is 102 cm³/mol. The first-order valence-corrected chi connectivity index (χ1v) is 8.60. The Bertz CT molecular complexity index is 802. The topological polar surface area (TPSA) is 86.1 Å². The maximum atomic E-state index is 12.2. The zero-order chi connectivity index (χ0) is 18.8. The molecule has 0 spiro atoms. The van der Waals surface area contributed by atoms with E-state index in [1.807, 2.05) is 58.9 Å². The van der Waals surface area contributed by atoms with E-state index in [4.69, 9.17) is 5.41 Å². The number of carbonyl (C=O) groups is 1. The molecule has 2 aromatic rings. The zero-order valence-electron chi connectivity index (χ0n) is 15.6. The second-order valence-corrected chi connectivity index (χ2v) is 7.45. The minimum absolute atomic E-state index is 0.0437. The first-order chi connectivity index (χ1) is 11.7. The smallest absolute Gasteiger partial charge is 0.229 e. The fourth-order valence-electron chi connectivity index (χ4n) is 2.62. The monoisotopic (exact) mass is 341 g/mol. The van der Waals surface area contributed by atoms with Gasteiger partial charge in [0.15, 0.2) is 0 Å². The van der Waals surface area contributed by atoms with E-state index in [1.165, 1.54) is 0 Å². The van der Waals surface area contributed by atoms with Crippen LogP contribution in [0.2, 0.25) is 0 Å². The van der Waals surface area contributed by atoms with Crippen molar-refractivity contribution in [1.82, 2.24) is 4.98 Å². The zero-order valence-corrected chi connectivity index (χ0v) is 15.6. The van der Waals surface area contributed by atoms with Crippen molar-refractivity contribution in [3.05, 3.63) is 35.5 Å². The molecule has 0 saturated heterocycles. The maximum absolute atomic E-state index is 12.2. The Morgan fingerprint density at radius 3 is 2.56 bits per heavy atom. The largest absolute Gasteiger partial charge is 0.396 e. The highest BCUT2D eigenvalue weighted by molar-refractivity contribution is 6.10. The number of amides is 1. The second-order valence-electron chi connectivity index (χ2n) is 7.45. The van der Waals surface area contributed by atoms with Crippen molar-refractivity contribution in [2.45, 2.75) is 41.0 Å². The fraction of sp³-hybridized carbons (Fsp3) is 0.450. The van der Waals surface area contributed by atoms with Crippen LogP contribution in [0.3, 0.4) is 0 Å². The van der Waals surface area contributed by atoms with Crippen molar-refractivity contribution in [1.29, 1.82) is 5.41 Å². The van der Waals surface area contributed by atoms with Gasteiger partial charge in [-0.1, -0.05) is 33.8 Å².